The molecule has 2 aromatic rings. The van der Waals surface area contributed by atoms with Gasteiger partial charge in [0.2, 0.25) is 0 Å². The summed E-state index contributed by atoms with van der Waals surface area (Å²) in [5, 5.41) is 16.0. The molecule has 0 unspecified atom stereocenters. The SMILES string of the molecule is O=C(O)c1ccc(NC(=S)N/N=C/c2ccccc2)cc1. The lowest BCUT2D eigenvalue weighted by molar-refractivity contribution is 0.0697. The molecule has 21 heavy (non-hydrogen) atoms. The van der Waals surface area contributed by atoms with E-state index in [1.807, 2.05) is 30.3 Å². The molecule has 5 nitrogen and oxygen atoms in total. The molecule has 0 fully saturated rings. The molecule has 0 atom stereocenters. The normalized spacial score (nSPS) is 10.3. The Morgan fingerprint density at radius 3 is 2.38 bits per heavy atom. The molecule has 2 aromatic carbocycles. The fourth-order valence-corrected chi connectivity index (χ4v) is 1.73. The van der Waals surface area contributed by atoms with Crippen molar-refractivity contribution in [2.75, 3.05) is 5.32 Å². The summed E-state index contributed by atoms with van der Waals surface area (Å²) in [5.74, 6) is -0.963. The van der Waals surface area contributed by atoms with Gasteiger partial charge in [0.25, 0.3) is 0 Å². The molecular formula is C15H13N3O2S. The number of carbonyl (C=O) groups is 1. The molecule has 0 aliphatic rings. The summed E-state index contributed by atoms with van der Waals surface area (Å²) in [6.45, 7) is 0. The number of anilines is 1. The molecule has 3 N–H and O–H groups in total. The van der Waals surface area contributed by atoms with Crippen molar-refractivity contribution in [1.82, 2.24) is 5.43 Å². The average molecular weight is 299 g/mol. The molecule has 0 bridgehead atoms. The standard InChI is InChI=1S/C15H13N3O2S/c19-14(20)12-6-8-13(9-7-12)17-15(21)18-16-10-11-4-2-1-3-5-11/h1-10H,(H,19,20)(H2,17,18,21)/b16-10+. The summed E-state index contributed by atoms with van der Waals surface area (Å²) in [6.07, 6.45) is 1.65. The van der Waals surface area contributed by atoms with Gasteiger partial charge in [-0.05, 0) is 42.0 Å². The van der Waals surface area contributed by atoms with Crippen molar-refractivity contribution in [3.05, 3.63) is 65.7 Å². The molecular weight excluding hydrogens is 286 g/mol. The first-order valence-electron chi connectivity index (χ1n) is 6.13. The van der Waals surface area contributed by atoms with Crippen LogP contribution in [0.2, 0.25) is 0 Å². The van der Waals surface area contributed by atoms with Crippen LogP contribution in [0.15, 0.2) is 59.7 Å². The van der Waals surface area contributed by atoms with Gasteiger partial charge in [0, 0.05) is 5.69 Å². The molecule has 6 heteroatoms. The first kappa shape index (κ1) is 14.7. The van der Waals surface area contributed by atoms with Gasteiger partial charge >= 0.3 is 5.97 Å². The van der Waals surface area contributed by atoms with E-state index < -0.39 is 5.97 Å². The second kappa shape index (κ2) is 7.16. The Kier molecular flexibility index (Phi) is 5.00. The van der Waals surface area contributed by atoms with Crippen molar-refractivity contribution in [3.63, 3.8) is 0 Å². The van der Waals surface area contributed by atoms with Crippen LogP contribution < -0.4 is 10.7 Å². The number of nitrogens with zero attached hydrogens (tertiary/aromatic N) is 1. The molecule has 0 saturated carbocycles. The van der Waals surface area contributed by atoms with Gasteiger partial charge in [-0.1, -0.05) is 30.3 Å². The lowest BCUT2D eigenvalue weighted by atomic mass is 10.2. The van der Waals surface area contributed by atoms with Crippen molar-refractivity contribution in [2.45, 2.75) is 0 Å². The summed E-state index contributed by atoms with van der Waals surface area (Å²) in [6, 6.07) is 15.9. The first-order chi connectivity index (χ1) is 10.1. The minimum Gasteiger partial charge on any atom is -0.478 e. The predicted molar refractivity (Wildman–Crippen MR) is 86.8 cm³/mol. The van der Waals surface area contributed by atoms with E-state index in [1.54, 1.807) is 18.3 Å². The van der Waals surface area contributed by atoms with Crippen LogP contribution in [0.1, 0.15) is 15.9 Å². The van der Waals surface area contributed by atoms with Crippen LogP contribution >= 0.6 is 12.2 Å². The Hall–Kier alpha value is -2.73. The zero-order valence-electron chi connectivity index (χ0n) is 11.0. The second-order valence-electron chi connectivity index (χ2n) is 4.12. The van der Waals surface area contributed by atoms with Crippen molar-refractivity contribution in [1.29, 1.82) is 0 Å². The van der Waals surface area contributed by atoms with E-state index in [0.29, 0.717) is 10.8 Å². The van der Waals surface area contributed by atoms with E-state index in [9.17, 15) is 4.79 Å². The van der Waals surface area contributed by atoms with E-state index >= 15 is 0 Å². The molecule has 0 heterocycles. The number of carboxylic acid groups (broad SMARTS) is 1. The van der Waals surface area contributed by atoms with Crippen LogP contribution in [-0.4, -0.2) is 22.4 Å². The molecule has 106 valence electrons. The van der Waals surface area contributed by atoms with Crippen molar-refractivity contribution in [2.24, 2.45) is 5.10 Å². The van der Waals surface area contributed by atoms with Crippen LogP contribution in [0.4, 0.5) is 5.69 Å². The minimum absolute atomic E-state index is 0.224. The highest BCUT2D eigenvalue weighted by Gasteiger charge is 2.02. The van der Waals surface area contributed by atoms with Crippen LogP contribution in [0.3, 0.4) is 0 Å². The molecule has 0 aliphatic heterocycles. The average Bonchev–Trinajstić information content (AvgIpc) is 2.49. The highest BCUT2D eigenvalue weighted by atomic mass is 32.1. The van der Waals surface area contributed by atoms with Gasteiger partial charge < -0.3 is 10.4 Å². The zero-order valence-corrected chi connectivity index (χ0v) is 11.8. The van der Waals surface area contributed by atoms with Gasteiger partial charge in [0.1, 0.15) is 0 Å². The van der Waals surface area contributed by atoms with E-state index in [4.69, 9.17) is 17.3 Å². The van der Waals surface area contributed by atoms with E-state index in [1.165, 1.54) is 12.1 Å². The molecule has 0 saturated heterocycles. The quantitative estimate of drug-likeness (QED) is 0.460. The number of hydrogen-bond donors (Lipinski definition) is 3. The Balaban J connectivity index is 1.87. The number of thiocarbonyl (C=S) groups is 1. The summed E-state index contributed by atoms with van der Waals surface area (Å²) >= 11 is 5.08. The zero-order chi connectivity index (χ0) is 15.1. The monoisotopic (exact) mass is 299 g/mol. The highest BCUT2D eigenvalue weighted by molar-refractivity contribution is 7.80. The lowest BCUT2D eigenvalue weighted by Gasteiger charge is -2.06. The topological polar surface area (TPSA) is 73.7 Å². The summed E-state index contributed by atoms with van der Waals surface area (Å²) < 4.78 is 0. The summed E-state index contributed by atoms with van der Waals surface area (Å²) in [4.78, 5) is 10.7. The van der Waals surface area contributed by atoms with Gasteiger partial charge in [0.15, 0.2) is 5.11 Å². The third-order valence-corrected chi connectivity index (χ3v) is 2.76. The Bertz CT molecular complexity index is 654. The number of carboxylic acids is 1. The number of nitrogens with one attached hydrogen (secondary N) is 2. The highest BCUT2D eigenvalue weighted by Crippen LogP contribution is 2.09. The maximum absolute atomic E-state index is 10.7. The molecule has 0 aromatic heterocycles. The number of rotatable bonds is 4. The smallest absolute Gasteiger partial charge is 0.335 e. The third kappa shape index (κ3) is 4.70. The largest absolute Gasteiger partial charge is 0.478 e. The molecule has 0 amide bonds. The maximum atomic E-state index is 10.7. The van der Waals surface area contributed by atoms with Crippen LogP contribution in [-0.2, 0) is 0 Å². The van der Waals surface area contributed by atoms with Crippen LogP contribution in [0.5, 0.6) is 0 Å². The van der Waals surface area contributed by atoms with Gasteiger partial charge in [0.05, 0.1) is 11.8 Å². The number of hydrogen-bond acceptors (Lipinski definition) is 3. The van der Waals surface area contributed by atoms with Crippen LogP contribution in [0.25, 0.3) is 0 Å². The van der Waals surface area contributed by atoms with Gasteiger partial charge in [-0.2, -0.15) is 5.10 Å². The number of aromatic carboxylic acids is 1. The Morgan fingerprint density at radius 2 is 1.76 bits per heavy atom. The van der Waals surface area contributed by atoms with Gasteiger partial charge in [-0.3, -0.25) is 5.43 Å². The molecule has 0 aliphatic carbocycles. The fourth-order valence-electron chi connectivity index (χ4n) is 1.56. The van der Waals surface area contributed by atoms with Crippen molar-refractivity contribution in [3.8, 4) is 0 Å². The molecule has 0 spiro atoms. The van der Waals surface area contributed by atoms with E-state index in [2.05, 4.69) is 15.8 Å². The predicted octanol–water partition coefficient (Wildman–Crippen LogP) is 2.71. The second-order valence-corrected chi connectivity index (χ2v) is 4.53. The first-order valence-corrected chi connectivity index (χ1v) is 6.54. The minimum atomic E-state index is -0.963. The van der Waals surface area contributed by atoms with Gasteiger partial charge in [-0.25, -0.2) is 4.79 Å². The Morgan fingerprint density at radius 1 is 1.10 bits per heavy atom. The van der Waals surface area contributed by atoms with Crippen molar-refractivity contribution < 1.29 is 9.90 Å². The maximum Gasteiger partial charge on any atom is 0.335 e. The lowest BCUT2D eigenvalue weighted by Crippen LogP contribution is -2.23. The molecule has 2 rings (SSSR count). The van der Waals surface area contributed by atoms with E-state index in [-0.39, 0.29) is 5.56 Å². The number of benzene rings is 2. The molecule has 0 radical (unpaired) electrons. The van der Waals surface area contributed by atoms with Crippen molar-refractivity contribution >= 4 is 35.2 Å². The fraction of sp³-hybridized carbons (Fsp3) is 0. The van der Waals surface area contributed by atoms with Gasteiger partial charge in [-0.15, -0.1) is 0 Å². The van der Waals surface area contributed by atoms with E-state index in [0.717, 1.165) is 5.56 Å². The summed E-state index contributed by atoms with van der Waals surface area (Å²) in [5.41, 5.74) is 4.56. The Labute approximate surface area is 127 Å². The third-order valence-electron chi connectivity index (χ3n) is 2.57. The number of hydrazone groups is 1. The summed E-state index contributed by atoms with van der Waals surface area (Å²) in [7, 11) is 0. The van der Waals surface area contributed by atoms with Crippen LogP contribution in [0, 0.1) is 0 Å².